The molecule has 1 saturated carbocycles. The van der Waals surface area contributed by atoms with Crippen molar-refractivity contribution >= 4 is 64.4 Å². The number of allylic oxidation sites excluding steroid dienone is 1. The lowest BCUT2D eigenvalue weighted by molar-refractivity contribution is 0.142. The maximum atomic E-state index is 10.6. The lowest BCUT2D eigenvalue weighted by atomic mass is 9.90. The average Bonchev–Trinajstić information content (AvgIpc) is 3.16. The van der Waals surface area contributed by atoms with Crippen molar-refractivity contribution in [3.05, 3.63) is 63.0 Å². The van der Waals surface area contributed by atoms with E-state index in [-0.39, 0.29) is 17.2 Å². The third-order valence-electron chi connectivity index (χ3n) is 4.75. The summed E-state index contributed by atoms with van der Waals surface area (Å²) in [4.78, 5) is 11.5. The number of carbonyl (C=O) groups is 1. The highest BCUT2D eigenvalue weighted by atomic mass is 35.5. The summed E-state index contributed by atoms with van der Waals surface area (Å²) in [6, 6.07) is 8.70. The number of alkyl halides is 1. The van der Waals surface area contributed by atoms with Crippen LogP contribution in [0.2, 0.25) is 10.0 Å². The number of aliphatic hydroxyl groups is 1. The van der Waals surface area contributed by atoms with E-state index in [1.54, 1.807) is 18.2 Å². The quantitative estimate of drug-likeness (QED) is 0.356. The molecule has 29 heavy (non-hydrogen) atoms. The molecule has 2 aromatic rings. The van der Waals surface area contributed by atoms with Gasteiger partial charge in [0.25, 0.3) is 0 Å². The molecule has 2 N–H and O–H groups in total. The van der Waals surface area contributed by atoms with Gasteiger partial charge in [0, 0.05) is 26.2 Å². The van der Waals surface area contributed by atoms with Gasteiger partial charge in [-0.15, -0.1) is 11.6 Å². The Hall–Kier alpha value is -1.50. The van der Waals surface area contributed by atoms with Gasteiger partial charge in [0.15, 0.2) is 5.06 Å². The van der Waals surface area contributed by atoms with E-state index in [1.165, 1.54) is 11.3 Å². The van der Waals surface area contributed by atoms with Gasteiger partial charge in [0.2, 0.25) is 0 Å². The minimum absolute atomic E-state index is 0.0727. The number of carboxylic acid groups (broad SMARTS) is 1. The third kappa shape index (κ3) is 6.24. The molecule has 1 fully saturated rings. The molecule has 4 atom stereocenters. The zero-order valence-corrected chi connectivity index (χ0v) is 18.3. The lowest BCUT2D eigenvalue weighted by Crippen LogP contribution is -2.18. The Morgan fingerprint density at radius 1 is 1.21 bits per heavy atom. The van der Waals surface area contributed by atoms with Crippen LogP contribution in [0.1, 0.15) is 23.3 Å². The molecule has 8 heteroatoms. The molecule has 0 saturated heterocycles. The minimum Gasteiger partial charge on any atom is -0.449 e. The van der Waals surface area contributed by atoms with Crippen LogP contribution in [0.5, 0.6) is 5.06 Å². The SMILES string of the molecule is O=C(O)Oc1ccc(C=CC[C@@H]2[C@@H](C=Cc3cc(Cl)cc(Cl)c3)[C@H](O)C[C@H]2Cl)s1. The summed E-state index contributed by atoms with van der Waals surface area (Å²) in [6.07, 6.45) is 7.15. The zero-order chi connectivity index (χ0) is 21.0. The van der Waals surface area contributed by atoms with Crippen molar-refractivity contribution in [2.45, 2.75) is 24.3 Å². The van der Waals surface area contributed by atoms with E-state index >= 15 is 0 Å². The second-order valence-electron chi connectivity index (χ2n) is 6.78. The number of rotatable bonds is 6. The molecule has 1 aromatic heterocycles. The molecule has 1 aliphatic rings. The van der Waals surface area contributed by atoms with E-state index in [9.17, 15) is 9.90 Å². The van der Waals surface area contributed by atoms with Crippen molar-refractivity contribution in [3.63, 3.8) is 0 Å². The summed E-state index contributed by atoms with van der Waals surface area (Å²) in [6.45, 7) is 0. The first kappa shape index (κ1) is 22.2. The monoisotopic (exact) mass is 472 g/mol. The molecule has 0 aliphatic heterocycles. The first-order chi connectivity index (χ1) is 13.8. The molecule has 0 spiro atoms. The van der Waals surface area contributed by atoms with Crippen LogP contribution in [0, 0.1) is 11.8 Å². The number of thiophene rings is 1. The number of halogens is 3. The lowest BCUT2D eigenvalue weighted by Gasteiger charge is -2.19. The van der Waals surface area contributed by atoms with E-state index in [4.69, 9.17) is 39.9 Å². The summed E-state index contributed by atoms with van der Waals surface area (Å²) in [7, 11) is 0. The standard InChI is InChI=1S/C21H19Cl3O4S/c22-13-8-12(9-14(23)10-13)4-6-17-16(18(24)11-19(17)25)3-1-2-15-5-7-20(29-15)28-21(26)27/h1-2,4-10,16-19,25H,3,11H2,(H,26,27)/t16-,17-,18-,19-/m1/s1. The van der Waals surface area contributed by atoms with Gasteiger partial charge in [0.1, 0.15) is 0 Å². The normalized spacial score (nSPS) is 24.6. The maximum absolute atomic E-state index is 10.6. The van der Waals surface area contributed by atoms with E-state index in [0.29, 0.717) is 28.0 Å². The molecule has 1 aliphatic carbocycles. The van der Waals surface area contributed by atoms with E-state index in [2.05, 4.69) is 4.74 Å². The molecule has 154 valence electrons. The second-order valence-corrected chi connectivity index (χ2v) is 9.30. The summed E-state index contributed by atoms with van der Waals surface area (Å²) < 4.78 is 4.63. The molecule has 3 rings (SSSR count). The van der Waals surface area contributed by atoms with Gasteiger partial charge in [-0.2, -0.15) is 0 Å². The van der Waals surface area contributed by atoms with Gasteiger partial charge in [-0.05, 0) is 60.7 Å². The van der Waals surface area contributed by atoms with Crippen LogP contribution in [0.3, 0.4) is 0 Å². The van der Waals surface area contributed by atoms with Gasteiger partial charge in [-0.25, -0.2) is 4.79 Å². The largest absolute Gasteiger partial charge is 0.512 e. The van der Waals surface area contributed by atoms with Gasteiger partial charge >= 0.3 is 6.16 Å². The predicted octanol–water partition coefficient (Wildman–Crippen LogP) is 6.83. The van der Waals surface area contributed by atoms with Crippen molar-refractivity contribution < 1.29 is 19.7 Å². The Balaban J connectivity index is 1.67. The highest BCUT2D eigenvalue weighted by Crippen LogP contribution is 2.40. The van der Waals surface area contributed by atoms with Gasteiger partial charge < -0.3 is 14.9 Å². The summed E-state index contributed by atoms with van der Waals surface area (Å²) in [5.41, 5.74) is 0.867. The van der Waals surface area contributed by atoms with Crippen LogP contribution in [0.4, 0.5) is 4.79 Å². The van der Waals surface area contributed by atoms with Crippen LogP contribution in [0.15, 0.2) is 42.5 Å². The number of aliphatic hydroxyl groups excluding tert-OH is 1. The zero-order valence-electron chi connectivity index (χ0n) is 15.2. The van der Waals surface area contributed by atoms with Crippen molar-refractivity contribution in [2.75, 3.05) is 0 Å². The molecule has 0 radical (unpaired) electrons. The predicted molar refractivity (Wildman–Crippen MR) is 119 cm³/mol. The highest BCUT2D eigenvalue weighted by Gasteiger charge is 2.39. The molecular formula is C21H19Cl3O4S. The summed E-state index contributed by atoms with van der Waals surface area (Å²) in [5, 5.41) is 20.4. The first-order valence-corrected chi connectivity index (χ1v) is 11.0. The Morgan fingerprint density at radius 2 is 1.93 bits per heavy atom. The number of hydrogen-bond acceptors (Lipinski definition) is 4. The molecule has 1 aromatic carbocycles. The maximum Gasteiger partial charge on any atom is 0.512 e. The van der Waals surface area contributed by atoms with Crippen molar-refractivity contribution in [2.24, 2.45) is 11.8 Å². The fourth-order valence-electron chi connectivity index (χ4n) is 3.46. The topological polar surface area (TPSA) is 66.8 Å². The molecule has 1 heterocycles. The van der Waals surface area contributed by atoms with Crippen LogP contribution < -0.4 is 4.74 Å². The third-order valence-corrected chi connectivity index (χ3v) is 6.61. The van der Waals surface area contributed by atoms with E-state index < -0.39 is 12.3 Å². The first-order valence-electron chi connectivity index (χ1n) is 8.95. The fourth-order valence-corrected chi connectivity index (χ4v) is 5.24. The van der Waals surface area contributed by atoms with E-state index in [0.717, 1.165) is 10.4 Å². The minimum atomic E-state index is -1.33. The average molecular weight is 474 g/mol. The van der Waals surface area contributed by atoms with Gasteiger partial charge in [0.05, 0.1) is 6.10 Å². The Bertz CT molecular complexity index is 904. The van der Waals surface area contributed by atoms with E-state index in [1.807, 2.05) is 36.4 Å². The number of benzene rings is 1. The van der Waals surface area contributed by atoms with Crippen LogP contribution >= 0.6 is 46.1 Å². The molecule has 4 nitrogen and oxygen atoms in total. The number of ether oxygens (including phenoxy) is 1. The van der Waals surface area contributed by atoms with Crippen LogP contribution in [-0.2, 0) is 0 Å². The Kier molecular flexibility index (Phi) is 7.66. The molecular weight excluding hydrogens is 455 g/mol. The Morgan fingerprint density at radius 3 is 2.62 bits per heavy atom. The fraction of sp³-hybridized carbons (Fsp3) is 0.286. The molecule has 0 unspecified atom stereocenters. The summed E-state index contributed by atoms with van der Waals surface area (Å²) >= 11 is 19.8. The summed E-state index contributed by atoms with van der Waals surface area (Å²) in [5.74, 6) is -0.0160. The molecule has 0 amide bonds. The van der Waals surface area contributed by atoms with Gasteiger partial charge in [-0.3, -0.25) is 0 Å². The van der Waals surface area contributed by atoms with Crippen molar-refractivity contribution in [1.29, 1.82) is 0 Å². The molecule has 0 bridgehead atoms. The van der Waals surface area contributed by atoms with Crippen molar-refractivity contribution in [1.82, 2.24) is 0 Å². The second kappa shape index (κ2) is 10.0. The highest BCUT2D eigenvalue weighted by molar-refractivity contribution is 7.14. The van der Waals surface area contributed by atoms with Crippen LogP contribution in [-0.4, -0.2) is 27.8 Å². The van der Waals surface area contributed by atoms with Crippen LogP contribution in [0.25, 0.3) is 12.2 Å². The van der Waals surface area contributed by atoms with Crippen molar-refractivity contribution in [3.8, 4) is 5.06 Å². The Labute approximate surface area is 188 Å². The number of hydrogen-bond donors (Lipinski definition) is 2. The smallest absolute Gasteiger partial charge is 0.449 e. The van der Waals surface area contributed by atoms with Gasteiger partial charge in [-0.1, -0.05) is 52.8 Å².